The Morgan fingerprint density at radius 2 is 2.54 bits per heavy atom. The molecule has 0 spiro atoms. The second-order valence-corrected chi connectivity index (χ2v) is 3.56. The maximum atomic E-state index is 9.30. The van der Waals surface area contributed by atoms with Crippen LogP contribution in [0, 0.1) is 0 Å². The molecule has 1 aromatic rings. The Labute approximate surface area is 77.0 Å². The minimum Gasteiger partial charge on any atom is -0.392 e. The van der Waals surface area contributed by atoms with Gasteiger partial charge in [-0.05, 0) is 6.42 Å². The maximum absolute atomic E-state index is 9.30. The lowest BCUT2D eigenvalue weighted by Crippen LogP contribution is -2.21. The van der Waals surface area contributed by atoms with Crippen LogP contribution < -0.4 is 0 Å². The molecule has 0 saturated carbocycles. The Balaban J connectivity index is 1.91. The Morgan fingerprint density at radius 1 is 1.69 bits per heavy atom. The lowest BCUT2D eigenvalue weighted by molar-refractivity contribution is 0.174. The normalized spacial score (nSPS) is 24.0. The van der Waals surface area contributed by atoms with Gasteiger partial charge < -0.3 is 5.11 Å². The summed E-state index contributed by atoms with van der Waals surface area (Å²) >= 11 is 0. The lowest BCUT2D eigenvalue weighted by Gasteiger charge is -2.11. The summed E-state index contributed by atoms with van der Waals surface area (Å²) < 4.78 is 1.70. The third-order valence-corrected chi connectivity index (χ3v) is 2.28. The molecule has 5 nitrogen and oxygen atoms in total. The van der Waals surface area contributed by atoms with Crippen LogP contribution in [-0.2, 0) is 13.6 Å². The van der Waals surface area contributed by atoms with Crippen LogP contribution in [-0.4, -0.2) is 44.2 Å². The van der Waals surface area contributed by atoms with Crippen molar-refractivity contribution in [3.8, 4) is 0 Å². The number of hydrogen-bond donors (Lipinski definition) is 1. The van der Waals surface area contributed by atoms with E-state index in [1.54, 1.807) is 4.68 Å². The topological polar surface area (TPSA) is 54.2 Å². The highest BCUT2D eigenvalue weighted by atomic mass is 16.3. The van der Waals surface area contributed by atoms with Crippen molar-refractivity contribution >= 4 is 0 Å². The van der Waals surface area contributed by atoms with Crippen molar-refractivity contribution in [1.29, 1.82) is 0 Å². The molecule has 0 aromatic carbocycles. The van der Waals surface area contributed by atoms with Crippen LogP contribution in [0.2, 0.25) is 0 Å². The summed E-state index contributed by atoms with van der Waals surface area (Å²) in [6.45, 7) is 2.51. The number of aromatic nitrogens is 3. The van der Waals surface area contributed by atoms with Crippen LogP contribution >= 0.6 is 0 Å². The molecule has 5 heteroatoms. The van der Waals surface area contributed by atoms with Crippen molar-refractivity contribution in [3.05, 3.63) is 11.9 Å². The fraction of sp³-hybridized carbons (Fsp3) is 0.750. The summed E-state index contributed by atoms with van der Waals surface area (Å²) in [7, 11) is 1.86. The van der Waals surface area contributed by atoms with Gasteiger partial charge in [0.15, 0.2) is 0 Å². The molecule has 1 aliphatic heterocycles. The fourth-order valence-corrected chi connectivity index (χ4v) is 1.65. The zero-order valence-electron chi connectivity index (χ0n) is 7.72. The zero-order valence-corrected chi connectivity index (χ0v) is 7.72. The van der Waals surface area contributed by atoms with E-state index in [0.29, 0.717) is 0 Å². The van der Waals surface area contributed by atoms with Crippen LogP contribution in [0.3, 0.4) is 0 Å². The first kappa shape index (κ1) is 8.65. The zero-order chi connectivity index (χ0) is 9.26. The first-order valence-electron chi connectivity index (χ1n) is 4.49. The second kappa shape index (κ2) is 3.43. The van der Waals surface area contributed by atoms with Gasteiger partial charge in [-0.2, -0.15) is 0 Å². The molecule has 1 aromatic heterocycles. The molecular formula is C8H14N4O. The average Bonchev–Trinajstić information content (AvgIpc) is 2.62. The first-order valence-corrected chi connectivity index (χ1v) is 4.49. The highest BCUT2D eigenvalue weighted by Gasteiger charge is 2.20. The largest absolute Gasteiger partial charge is 0.392 e. The molecule has 1 saturated heterocycles. The van der Waals surface area contributed by atoms with Gasteiger partial charge in [0.25, 0.3) is 0 Å². The summed E-state index contributed by atoms with van der Waals surface area (Å²) in [5.41, 5.74) is 0.969. The SMILES string of the molecule is Cn1cc(CN2CCC(O)C2)nn1. The number of aryl methyl sites for hydroxylation is 1. The molecule has 0 bridgehead atoms. The Hall–Kier alpha value is -0.940. The summed E-state index contributed by atoms with van der Waals surface area (Å²) in [4.78, 5) is 2.19. The molecule has 72 valence electrons. The van der Waals surface area contributed by atoms with E-state index in [4.69, 9.17) is 0 Å². The molecule has 1 atom stereocenters. The third-order valence-electron chi connectivity index (χ3n) is 2.28. The molecule has 0 aliphatic carbocycles. The van der Waals surface area contributed by atoms with Gasteiger partial charge in [0.05, 0.1) is 11.8 Å². The molecule has 1 N–H and O–H groups in total. The highest BCUT2D eigenvalue weighted by molar-refractivity contribution is 4.93. The van der Waals surface area contributed by atoms with Gasteiger partial charge in [-0.25, -0.2) is 0 Å². The van der Waals surface area contributed by atoms with Crippen molar-refractivity contribution in [1.82, 2.24) is 19.9 Å². The number of rotatable bonds is 2. The molecule has 1 aliphatic rings. The summed E-state index contributed by atoms with van der Waals surface area (Å²) in [6.07, 6.45) is 2.63. The third kappa shape index (κ3) is 2.05. The fourth-order valence-electron chi connectivity index (χ4n) is 1.65. The van der Waals surface area contributed by atoms with Gasteiger partial charge in [0, 0.05) is 32.9 Å². The predicted octanol–water partition coefficient (Wildman–Crippen LogP) is -0.618. The molecule has 2 rings (SSSR count). The predicted molar refractivity (Wildman–Crippen MR) is 46.9 cm³/mol. The van der Waals surface area contributed by atoms with Crippen molar-refractivity contribution < 1.29 is 5.11 Å². The van der Waals surface area contributed by atoms with Crippen LogP contribution in [0.15, 0.2) is 6.20 Å². The van der Waals surface area contributed by atoms with Crippen LogP contribution in [0.5, 0.6) is 0 Å². The number of hydrogen-bond acceptors (Lipinski definition) is 4. The van der Waals surface area contributed by atoms with Crippen molar-refractivity contribution in [2.45, 2.75) is 19.1 Å². The summed E-state index contributed by atoms with van der Waals surface area (Å²) in [5, 5.41) is 17.1. The second-order valence-electron chi connectivity index (χ2n) is 3.56. The number of nitrogens with zero attached hydrogens (tertiary/aromatic N) is 4. The van der Waals surface area contributed by atoms with Gasteiger partial charge in [-0.3, -0.25) is 9.58 Å². The van der Waals surface area contributed by atoms with Crippen LogP contribution in [0.4, 0.5) is 0 Å². The van der Waals surface area contributed by atoms with Crippen LogP contribution in [0.25, 0.3) is 0 Å². The lowest BCUT2D eigenvalue weighted by atomic mass is 10.3. The smallest absolute Gasteiger partial charge is 0.0967 e. The van der Waals surface area contributed by atoms with Gasteiger partial charge >= 0.3 is 0 Å². The molecular weight excluding hydrogens is 168 g/mol. The Bertz CT molecular complexity index is 285. The van der Waals surface area contributed by atoms with E-state index in [1.165, 1.54) is 0 Å². The average molecular weight is 182 g/mol. The van der Waals surface area contributed by atoms with E-state index < -0.39 is 0 Å². The van der Waals surface area contributed by atoms with Crippen molar-refractivity contribution in [3.63, 3.8) is 0 Å². The monoisotopic (exact) mass is 182 g/mol. The molecule has 2 heterocycles. The first-order chi connectivity index (χ1) is 6.24. The van der Waals surface area contributed by atoms with Crippen molar-refractivity contribution in [2.24, 2.45) is 7.05 Å². The van der Waals surface area contributed by atoms with E-state index >= 15 is 0 Å². The number of β-amino-alcohol motifs (C(OH)–C–C–N with tert-alkyl or cyclic N) is 1. The Kier molecular flexibility index (Phi) is 2.28. The minimum atomic E-state index is -0.156. The van der Waals surface area contributed by atoms with Crippen molar-refractivity contribution in [2.75, 3.05) is 13.1 Å². The molecule has 1 unspecified atom stereocenters. The molecule has 13 heavy (non-hydrogen) atoms. The quantitative estimate of drug-likeness (QED) is 0.662. The summed E-state index contributed by atoms with van der Waals surface area (Å²) in [6, 6.07) is 0. The van der Waals surface area contributed by atoms with E-state index in [2.05, 4.69) is 15.2 Å². The minimum absolute atomic E-state index is 0.156. The molecule has 1 fully saturated rings. The maximum Gasteiger partial charge on any atom is 0.0967 e. The van der Waals surface area contributed by atoms with Gasteiger partial charge in [0.1, 0.15) is 0 Å². The standard InChI is InChI=1S/C8H14N4O/c1-11-4-7(9-10-11)5-12-3-2-8(13)6-12/h4,8,13H,2-3,5-6H2,1H3. The van der Waals surface area contributed by atoms with E-state index in [0.717, 1.165) is 31.7 Å². The highest BCUT2D eigenvalue weighted by Crippen LogP contribution is 2.11. The Morgan fingerprint density at radius 3 is 3.08 bits per heavy atom. The summed E-state index contributed by atoms with van der Waals surface area (Å²) in [5.74, 6) is 0. The van der Waals surface area contributed by atoms with E-state index in [9.17, 15) is 5.11 Å². The molecule has 0 radical (unpaired) electrons. The number of aliphatic hydroxyl groups excluding tert-OH is 1. The van der Waals surface area contributed by atoms with E-state index in [1.807, 2.05) is 13.2 Å². The van der Waals surface area contributed by atoms with Gasteiger partial charge in [0.2, 0.25) is 0 Å². The van der Waals surface area contributed by atoms with Gasteiger partial charge in [-0.15, -0.1) is 5.10 Å². The van der Waals surface area contributed by atoms with E-state index in [-0.39, 0.29) is 6.10 Å². The van der Waals surface area contributed by atoms with Gasteiger partial charge in [-0.1, -0.05) is 5.21 Å². The number of likely N-dealkylation sites (tertiary alicyclic amines) is 1. The number of aliphatic hydroxyl groups is 1. The van der Waals surface area contributed by atoms with Crippen LogP contribution in [0.1, 0.15) is 12.1 Å². The molecule has 0 amide bonds.